The summed E-state index contributed by atoms with van der Waals surface area (Å²) in [6.07, 6.45) is 0. The Morgan fingerprint density at radius 1 is 1.00 bits per heavy atom. The number of anilines is 2. The highest BCUT2D eigenvalue weighted by Gasteiger charge is 2.21. The van der Waals surface area contributed by atoms with Gasteiger partial charge < -0.3 is 19.9 Å². The minimum absolute atomic E-state index is 0.132. The Labute approximate surface area is 206 Å². The fourth-order valence-corrected chi connectivity index (χ4v) is 4.43. The van der Waals surface area contributed by atoms with Crippen LogP contribution in [0, 0.1) is 0 Å². The van der Waals surface area contributed by atoms with E-state index in [-0.39, 0.29) is 5.91 Å². The normalized spacial score (nSPS) is 10.7. The molecule has 0 spiro atoms. The van der Waals surface area contributed by atoms with Crippen molar-refractivity contribution in [2.24, 2.45) is 0 Å². The number of amides is 2. The number of carbonyl (C=O) groups is 3. The molecule has 0 aliphatic rings. The Morgan fingerprint density at radius 3 is 2.31 bits per heavy atom. The van der Waals surface area contributed by atoms with Crippen molar-refractivity contribution in [1.29, 1.82) is 0 Å². The monoisotopic (exact) mass is 491 g/mol. The zero-order valence-corrected chi connectivity index (χ0v) is 20.6. The number of rotatable bonds is 7. The van der Waals surface area contributed by atoms with Crippen LogP contribution in [-0.2, 0) is 9.53 Å². The lowest BCUT2D eigenvalue weighted by molar-refractivity contribution is -0.119. The molecular weight excluding hydrogens is 466 g/mol. The number of imidazole rings is 1. The highest BCUT2D eigenvalue weighted by Crippen LogP contribution is 2.33. The summed E-state index contributed by atoms with van der Waals surface area (Å²) in [4.78, 5) is 46.1. The van der Waals surface area contributed by atoms with Crippen LogP contribution in [-0.4, -0.2) is 67.0 Å². The fraction of sp³-hybridized carbons (Fsp3) is 0.200. The molecule has 180 valence electrons. The van der Waals surface area contributed by atoms with Crippen LogP contribution in [0.4, 0.5) is 11.6 Å². The quantitative estimate of drug-likeness (QED) is 0.397. The maximum Gasteiger partial charge on any atom is 0.348 e. The number of carbonyl (C=O) groups excluding carboxylic acids is 3. The number of hydrogen-bond donors (Lipinski definition) is 1. The molecule has 2 aromatic carbocycles. The average molecular weight is 492 g/mol. The first-order valence-electron chi connectivity index (χ1n) is 10.8. The molecule has 2 amide bonds. The van der Waals surface area contributed by atoms with Gasteiger partial charge in [-0.25, -0.2) is 9.78 Å². The van der Waals surface area contributed by atoms with E-state index in [2.05, 4.69) is 10.3 Å². The van der Waals surface area contributed by atoms with Gasteiger partial charge in [-0.15, -0.1) is 11.3 Å². The van der Waals surface area contributed by atoms with Gasteiger partial charge in [-0.3, -0.25) is 14.2 Å². The Bertz CT molecular complexity index is 1370. The van der Waals surface area contributed by atoms with Crippen molar-refractivity contribution >= 4 is 51.1 Å². The van der Waals surface area contributed by atoms with Crippen LogP contribution >= 0.6 is 11.3 Å². The summed E-state index contributed by atoms with van der Waals surface area (Å²) in [6, 6.07) is 17.9. The number of benzene rings is 2. The second-order valence-corrected chi connectivity index (χ2v) is 9.21. The van der Waals surface area contributed by atoms with Crippen molar-refractivity contribution in [2.75, 3.05) is 45.0 Å². The number of fused-ring (bicyclic) bond motifs is 1. The molecule has 4 rings (SSSR count). The summed E-state index contributed by atoms with van der Waals surface area (Å²) in [5, 5.41) is 2.66. The molecule has 0 aliphatic heterocycles. The van der Waals surface area contributed by atoms with Gasteiger partial charge in [0, 0.05) is 45.1 Å². The lowest BCUT2D eigenvalue weighted by Crippen LogP contribution is -2.22. The van der Waals surface area contributed by atoms with E-state index < -0.39 is 18.5 Å². The first-order valence-corrected chi connectivity index (χ1v) is 11.6. The third-order valence-corrected chi connectivity index (χ3v) is 6.18. The van der Waals surface area contributed by atoms with Crippen molar-refractivity contribution < 1.29 is 19.1 Å². The number of ether oxygens (including phenoxy) is 1. The van der Waals surface area contributed by atoms with Gasteiger partial charge in [-0.2, -0.15) is 0 Å². The molecule has 0 radical (unpaired) electrons. The maximum atomic E-state index is 12.6. The molecule has 0 fully saturated rings. The lowest BCUT2D eigenvalue weighted by atomic mass is 10.2. The molecule has 2 heterocycles. The molecule has 0 saturated carbocycles. The lowest BCUT2D eigenvalue weighted by Gasteiger charge is -2.14. The molecule has 0 saturated heterocycles. The molecule has 0 aliphatic carbocycles. The van der Waals surface area contributed by atoms with Gasteiger partial charge in [0.05, 0.1) is 0 Å². The Balaban J connectivity index is 1.43. The molecule has 10 heteroatoms. The van der Waals surface area contributed by atoms with Gasteiger partial charge in [-0.05, 0) is 42.5 Å². The summed E-state index contributed by atoms with van der Waals surface area (Å²) < 4.78 is 7.21. The summed E-state index contributed by atoms with van der Waals surface area (Å²) in [5.41, 5.74) is 2.61. The van der Waals surface area contributed by atoms with Crippen molar-refractivity contribution in [3.8, 4) is 5.69 Å². The zero-order chi connectivity index (χ0) is 25.1. The smallest absolute Gasteiger partial charge is 0.348 e. The van der Waals surface area contributed by atoms with Gasteiger partial charge >= 0.3 is 5.97 Å². The topological polar surface area (TPSA) is 96.8 Å². The van der Waals surface area contributed by atoms with E-state index in [1.807, 2.05) is 53.9 Å². The van der Waals surface area contributed by atoms with E-state index in [9.17, 15) is 14.4 Å². The van der Waals surface area contributed by atoms with E-state index in [0.29, 0.717) is 21.6 Å². The number of hydrogen-bond acceptors (Lipinski definition) is 7. The minimum atomic E-state index is -0.596. The number of aromatic nitrogens is 2. The van der Waals surface area contributed by atoms with Crippen molar-refractivity contribution in [2.45, 2.75) is 0 Å². The van der Waals surface area contributed by atoms with Crippen LogP contribution in [0.3, 0.4) is 0 Å². The Hall–Kier alpha value is -4.18. The molecule has 9 nitrogen and oxygen atoms in total. The number of thiophene rings is 1. The highest BCUT2D eigenvalue weighted by atomic mass is 32.1. The second kappa shape index (κ2) is 9.98. The number of para-hydroxylation sites is 1. The van der Waals surface area contributed by atoms with Crippen LogP contribution < -0.4 is 10.2 Å². The SMILES string of the molecule is CN(C)C(=O)c1ccc(NC(=O)COC(=O)c2cc3nc(N(C)C)n(-c4ccccc4)c3s2)cc1. The number of nitrogens with zero attached hydrogens (tertiary/aromatic N) is 4. The number of nitrogens with one attached hydrogen (secondary N) is 1. The zero-order valence-electron chi connectivity index (χ0n) is 19.8. The van der Waals surface area contributed by atoms with Crippen molar-refractivity contribution in [3.05, 3.63) is 71.1 Å². The molecule has 0 unspecified atom stereocenters. The Kier molecular flexibility index (Phi) is 6.83. The van der Waals surface area contributed by atoms with Crippen LogP contribution in [0.15, 0.2) is 60.7 Å². The van der Waals surface area contributed by atoms with E-state index >= 15 is 0 Å². The third kappa shape index (κ3) is 5.17. The summed E-state index contributed by atoms with van der Waals surface area (Å²) in [5.74, 6) is -0.461. The molecule has 2 aromatic heterocycles. The van der Waals surface area contributed by atoms with Gasteiger partial charge in [-0.1, -0.05) is 18.2 Å². The van der Waals surface area contributed by atoms with Gasteiger partial charge in [0.15, 0.2) is 6.61 Å². The van der Waals surface area contributed by atoms with Gasteiger partial charge in [0.1, 0.15) is 15.2 Å². The largest absolute Gasteiger partial charge is 0.451 e. The van der Waals surface area contributed by atoms with Crippen molar-refractivity contribution in [1.82, 2.24) is 14.5 Å². The molecule has 0 bridgehead atoms. The predicted octanol–water partition coefficient (Wildman–Crippen LogP) is 3.65. The first-order chi connectivity index (χ1) is 16.7. The highest BCUT2D eigenvalue weighted by molar-refractivity contribution is 7.20. The maximum absolute atomic E-state index is 12.6. The predicted molar refractivity (Wildman–Crippen MR) is 137 cm³/mol. The molecular formula is C25H25N5O4S. The van der Waals surface area contributed by atoms with Crippen LogP contribution in [0.1, 0.15) is 20.0 Å². The Morgan fingerprint density at radius 2 is 1.69 bits per heavy atom. The van der Waals surface area contributed by atoms with E-state index in [0.717, 1.165) is 16.5 Å². The van der Waals surface area contributed by atoms with E-state index in [1.165, 1.54) is 16.2 Å². The summed E-state index contributed by atoms with van der Waals surface area (Å²) >= 11 is 1.26. The van der Waals surface area contributed by atoms with Crippen LogP contribution in [0.2, 0.25) is 0 Å². The van der Waals surface area contributed by atoms with E-state index in [1.54, 1.807) is 44.4 Å². The van der Waals surface area contributed by atoms with Gasteiger partial charge in [0.2, 0.25) is 5.95 Å². The molecule has 35 heavy (non-hydrogen) atoms. The summed E-state index contributed by atoms with van der Waals surface area (Å²) in [6.45, 7) is -0.436. The second-order valence-electron chi connectivity index (χ2n) is 8.18. The van der Waals surface area contributed by atoms with Crippen LogP contribution in [0.25, 0.3) is 16.0 Å². The van der Waals surface area contributed by atoms with Gasteiger partial charge in [0.25, 0.3) is 11.8 Å². The molecule has 1 N–H and O–H groups in total. The first kappa shape index (κ1) is 24.0. The fourth-order valence-electron chi connectivity index (χ4n) is 3.42. The standard InChI is InChI=1S/C25H25N5O4S/c1-28(2)22(32)16-10-12-17(13-11-16)26-21(31)15-34-24(33)20-14-19-23(35-20)30(25(27-19)29(3)4)18-8-6-5-7-9-18/h5-14H,15H2,1-4H3,(H,26,31). The molecule has 4 aromatic rings. The number of esters is 1. The molecule has 0 atom stereocenters. The summed E-state index contributed by atoms with van der Waals surface area (Å²) in [7, 11) is 7.15. The minimum Gasteiger partial charge on any atom is -0.451 e. The van der Waals surface area contributed by atoms with Crippen molar-refractivity contribution in [3.63, 3.8) is 0 Å². The van der Waals surface area contributed by atoms with Crippen LogP contribution in [0.5, 0.6) is 0 Å². The average Bonchev–Trinajstić information content (AvgIpc) is 3.41. The van der Waals surface area contributed by atoms with E-state index in [4.69, 9.17) is 4.74 Å². The third-order valence-electron chi connectivity index (χ3n) is 5.09.